The second-order valence-electron chi connectivity index (χ2n) is 6.99. The van der Waals surface area contributed by atoms with Gasteiger partial charge in [0.15, 0.2) is 17.2 Å². The van der Waals surface area contributed by atoms with Gasteiger partial charge in [0.25, 0.3) is 5.91 Å². The second kappa shape index (κ2) is 6.56. The van der Waals surface area contributed by atoms with Crippen LogP contribution in [-0.4, -0.2) is 48.6 Å². The maximum Gasteiger partial charge on any atom is 0.276 e. The summed E-state index contributed by atoms with van der Waals surface area (Å²) in [6.07, 6.45) is 6.34. The Hall–Kier alpha value is -3.55. The first-order valence-electron chi connectivity index (χ1n) is 9.17. The number of hydrogen-bond donors (Lipinski definition) is 0. The second-order valence-corrected chi connectivity index (χ2v) is 6.99. The van der Waals surface area contributed by atoms with Gasteiger partial charge in [-0.2, -0.15) is 5.10 Å². The number of rotatable bonds is 3. The molecule has 1 aliphatic rings. The molecular weight excluding hydrogens is 356 g/mol. The molecule has 1 unspecified atom stereocenters. The number of fused-ring (bicyclic) bond motifs is 1. The van der Waals surface area contributed by atoms with E-state index in [1.54, 1.807) is 34.8 Å². The van der Waals surface area contributed by atoms with Crippen molar-refractivity contribution in [3.05, 3.63) is 66.2 Å². The average Bonchev–Trinajstić information content (AvgIpc) is 3.46. The van der Waals surface area contributed by atoms with Crippen LogP contribution in [0.25, 0.3) is 16.8 Å². The number of pyridine rings is 2. The highest BCUT2D eigenvalue weighted by Gasteiger charge is 2.31. The van der Waals surface area contributed by atoms with Crippen LogP contribution >= 0.6 is 0 Å². The highest BCUT2D eigenvalue weighted by Crippen LogP contribution is 2.27. The molecular formula is C20H18N6O2. The Kier molecular flexibility index (Phi) is 3.89. The smallest absolute Gasteiger partial charge is 0.276 e. The molecule has 0 radical (unpaired) electrons. The maximum absolute atomic E-state index is 12.6. The fourth-order valence-electron chi connectivity index (χ4n) is 3.57. The fraction of sp³-hybridized carbons (Fsp3) is 0.250. The Morgan fingerprint density at radius 1 is 1.18 bits per heavy atom. The van der Waals surface area contributed by atoms with Gasteiger partial charge in [-0.15, -0.1) is 0 Å². The molecule has 4 aromatic heterocycles. The third-order valence-electron chi connectivity index (χ3n) is 5.05. The quantitative estimate of drug-likeness (QED) is 0.548. The van der Waals surface area contributed by atoms with E-state index in [-0.39, 0.29) is 11.8 Å². The molecule has 1 amide bonds. The van der Waals surface area contributed by atoms with E-state index in [1.807, 2.05) is 30.5 Å². The molecule has 5 heterocycles. The molecule has 140 valence electrons. The summed E-state index contributed by atoms with van der Waals surface area (Å²) in [5, 5.41) is 8.49. The molecule has 8 heteroatoms. The first-order chi connectivity index (χ1) is 13.7. The first-order valence-corrected chi connectivity index (χ1v) is 9.17. The van der Waals surface area contributed by atoms with Crippen LogP contribution in [0.15, 0.2) is 53.4 Å². The topological polar surface area (TPSA) is 89.4 Å². The van der Waals surface area contributed by atoms with Crippen LogP contribution in [0.1, 0.15) is 34.4 Å². The van der Waals surface area contributed by atoms with Crippen LogP contribution in [0.2, 0.25) is 0 Å². The summed E-state index contributed by atoms with van der Waals surface area (Å²) in [5.74, 6) is 1.40. The van der Waals surface area contributed by atoms with Crippen molar-refractivity contribution in [2.75, 3.05) is 13.1 Å². The van der Waals surface area contributed by atoms with E-state index in [4.69, 9.17) is 4.52 Å². The van der Waals surface area contributed by atoms with Crippen molar-refractivity contribution in [3.8, 4) is 11.1 Å². The number of aryl methyl sites for hydroxylation is 1. The Balaban J connectivity index is 1.37. The summed E-state index contributed by atoms with van der Waals surface area (Å²) in [7, 11) is 0. The van der Waals surface area contributed by atoms with Gasteiger partial charge < -0.3 is 9.42 Å². The Morgan fingerprint density at radius 3 is 2.82 bits per heavy atom. The van der Waals surface area contributed by atoms with Crippen molar-refractivity contribution in [2.24, 2.45) is 0 Å². The standard InChI is InChI=1S/C20H18N6O2/c1-13-10-17(24-28-13)20(27)25-9-6-16(11-25)19-22-18-3-2-15(12-26(18)23-19)14-4-7-21-8-5-14/h2-5,7-8,10,12,16H,6,9,11H2,1H3. The fourth-order valence-corrected chi connectivity index (χ4v) is 3.57. The molecule has 4 aromatic rings. The van der Waals surface area contributed by atoms with Gasteiger partial charge in [-0.1, -0.05) is 5.16 Å². The minimum atomic E-state index is -0.108. The van der Waals surface area contributed by atoms with Crippen LogP contribution in [0.3, 0.4) is 0 Å². The zero-order valence-corrected chi connectivity index (χ0v) is 15.3. The average molecular weight is 374 g/mol. The van der Waals surface area contributed by atoms with Gasteiger partial charge in [-0.05, 0) is 43.2 Å². The molecule has 1 fully saturated rings. The minimum Gasteiger partial charge on any atom is -0.361 e. The van der Waals surface area contributed by atoms with Crippen molar-refractivity contribution in [2.45, 2.75) is 19.3 Å². The summed E-state index contributed by atoms with van der Waals surface area (Å²) in [4.78, 5) is 23.1. The highest BCUT2D eigenvalue weighted by molar-refractivity contribution is 5.92. The molecule has 0 spiro atoms. The van der Waals surface area contributed by atoms with E-state index in [2.05, 4.69) is 20.2 Å². The van der Waals surface area contributed by atoms with E-state index in [1.165, 1.54) is 0 Å². The lowest BCUT2D eigenvalue weighted by Gasteiger charge is -2.13. The van der Waals surface area contributed by atoms with E-state index in [9.17, 15) is 4.79 Å². The van der Waals surface area contributed by atoms with E-state index in [0.29, 0.717) is 24.5 Å². The SMILES string of the molecule is Cc1cc(C(=O)N2CCC(c3nc4ccc(-c5ccncc5)cn4n3)C2)no1. The molecule has 5 rings (SSSR count). The van der Waals surface area contributed by atoms with E-state index in [0.717, 1.165) is 29.0 Å². The molecule has 0 N–H and O–H groups in total. The number of likely N-dealkylation sites (tertiary alicyclic amines) is 1. The Labute approximate surface area is 160 Å². The van der Waals surface area contributed by atoms with Gasteiger partial charge in [0, 0.05) is 49.2 Å². The van der Waals surface area contributed by atoms with Gasteiger partial charge >= 0.3 is 0 Å². The van der Waals surface area contributed by atoms with E-state index < -0.39 is 0 Å². The van der Waals surface area contributed by atoms with Crippen LogP contribution < -0.4 is 0 Å². The zero-order valence-electron chi connectivity index (χ0n) is 15.3. The largest absolute Gasteiger partial charge is 0.361 e. The van der Waals surface area contributed by atoms with Crippen LogP contribution in [0.4, 0.5) is 0 Å². The first kappa shape index (κ1) is 16.6. The van der Waals surface area contributed by atoms with Crippen molar-refractivity contribution < 1.29 is 9.32 Å². The predicted octanol–water partition coefficient (Wildman–Crippen LogP) is 2.72. The number of nitrogens with zero attached hydrogens (tertiary/aromatic N) is 6. The van der Waals surface area contributed by atoms with Gasteiger partial charge in [0.05, 0.1) is 0 Å². The monoisotopic (exact) mass is 374 g/mol. The van der Waals surface area contributed by atoms with Crippen LogP contribution in [0.5, 0.6) is 0 Å². The predicted molar refractivity (Wildman–Crippen MR) is 101 cm³/mol. The van der Waals surface area contributed by atoms with Crippen LogP contribution in [-0.2, 0) is 0 Å². The molecule has 0 bridgehead atoms. The molecule has 8 nitrogen and oxygen atoms in total. The molecule has 0 saturated carbocycles. The number of carbonyl (C=O) groups is 1. The van der Waals surface area contributed by atoms with Crippen molar-refractivity contribution in [1.29, 1.82) is 0 Å². The molecule has 0 aromatic carbocycles. The summed E-state index contributed by atoms with van der Waals surface area (Å²) < 4.78 is 6.82. The summed E-state index contributed by atoms with van der Waals surface area (Å²) >= 11 is 0. The third-order valence-corrected chi connectivity index (χ3v) is 5.05. The molecule has 28 heavy (non-hydrogen) atoms. The maximum atomic E-state index is 12.6. The normalized spacial score (nSPS) is 16.8. The van der Waals surface area contributed by atoms with Gasteiger partial charge in [0.2, 0.25) is 0 Å². The molecule has 1 saturated heterocycles. The van der Waals surface area contributed by atoms with Crippen molar-refractivity contribution in [1.82, 2.24) is 29.6 Å². The summed E-state index contributed by atoms with van der Waals surface area (Å²) in [6, 6.07) is 9.58. The number of aromatic nitrogens is 5. The Morgan fingerprint density at radius 2 is 2.04 bits per heavy atom. The van der Waals surface area contributed by atoms with Gasteiger partial charge in [-0.3, -0.25) is 9.78 Å². The lowest BCUT2D eigenvalue weighted by atomic mass is 10.1. The minimum absolute atomic E-state index is 0.108. The summed E-state index contributed by atoms with van der Waals surface area (Å²) in [6.45, 7) is 3.02. The third kappa shape index (κ3) is 2.92. The van der Waals surface area contributed by atoms with Crippen molar-refractivity contribution in [3.63, 3.8) is 0 Å². The molecule has 1 atom stereocenters. The lowest BCUT2D eigenvalue weighted by molar-refractivity contribution is 0.0780. The molecule has 1 aliphatic heterocycles. The number of carbonyl (C=O) groups excluding carboxylic acids is 1. The number of amides is 1. The highest BCUT2D eigenvalue weighted by atomic mass is 16.5. The van der Waals surface area contributed by atoms with E-state index >= 15 is 0 Å². The lowest BCUT2D eigenvalue weighted by Crippen LogP contribution is -2.28. The van der Waals surface area contributed by atoms with Crippen LogP contribution in [0, 0.1) is 6.92 Å². The van der Waals surface area contributed by atoms with Crippen molar-refractivity contribution >= 4 is 11.6 Å². The molecule has 0 aliphatic carbocycles. The van der Waals surface area contributed by atoms with Gasteiger partial charge in [0.1, 0.15) is 5.76 Å². The number of hydrogen-bond acceptors (Lipinski definition) is 6. The summed E-state index contributed by atoms with van der Waals surface area (Å²) in [5.41, 5.74) is 3.28. The Bertz CT molecular complexity index is 1150. The zero-order chi connectivity index (χ0) is 19.1. The van der Waals surface area contributed by atoms with Gasteiger partial charge in [-0.25, -0.2) is 9.50 Å².